The fourth-order valence-electron chi connectivity index (χ4n) is 3.26. The molecule has 2 aliphatic rings. The first-order valence-corrected chi connectivity index (χ1v) is 7.62. The molecule has 0 aromatic carbocycles. The zero-order chi connectivity index (χ0) is 15.7. The first kappa shape index (κ1) is 14.3. The van der Waals surface area contributed by atoms with Crippen LogP contribution in [0, 0.1) is 5.82 Å². The maximum atomic E-state index is 12.9. The van der Waals surface area contributed by atoms with E-state index in [9.17, 15) is 4.39 Å². The van der Waals surface area contributed by atoms with Gasteiger partial charge in [0.05, 0.1) is 37.2 Å². The van der Waals surface area contributed by atoms with Gasteiger partial charge in [0.15, 0.2) is 5.82 Å². The van der Waals surface area contributed by atoms with Crippen LogP contribution in [-0.4, -0.2) is 51.3 Å². The third-order valence-electron chi connectivity index (χ3n) is 4.31. The molecule has 2 saturated heterocycles. The smallest absolute Gasteiger partial charge is 0.225 e. The van der Waals surface area contributed by atoms with Gasteiger partial charge in [0.2, 0.25) is 11.9 Å². The van der Waals surface area contributed by atoms with E-state index in [0.717, 1.165) is 19.4 Å². The van der Waals surface area contributed by atoms with E-state index in [2.05, 4.69) is 25.3 Å². The van der Waals surface area contributed by atoms with Crippen molar-refractivity contribution in [1.82, 2.24) is 19.9 Å². The molecule has 2 aliphatic heterocycles. The molecule has 1 spiro atoms. The van der Waals surface area contributed by atoms with Gasteiger partial charge in [-0.15, -0.1) is 0 Å². The summed E-state index contributed by atoms with van der Waals surface area (Å²) in [6, 6.07) is 1.97. The van der Waals surface area contributed by atoms with E-state index in [0.29, 0.717) is 25.0 Å². The first-order valence-electron chi connectivity index (χ1n) is 7.62. The van der Waals surface area contributed by atoms with E-state index >= 15 is 0 Å². The number of ether oxygens (including phenoxy) is 1. The Morgan fingerprint density at radius 1 is 1.22 bits per heavy atom. The second-order valence-corrected chi connectivity index (χ2v) is 5.98. The second kappa shape index (κ2) is 5.69. The molecule has 2 aromatic heterocycles. The summed E-state index contributed by atoms with van der Waals surface area (Å²) in [5, 5.41) is 3.31. The Morgan fingerprint density at radius 2 is 2.00 bits per heavy atom. The molecule has 2 atom stereocenters. The van der Waals surface area contributed by atoms with Gasteiger partial charge >= 0.3 is 0 Å². The van der Waals surface area contributed by atoms with Crippen LogP contribution >= 0.6 is 0 Å². The predicted molar refractivity (Wildman–Crippen MR) is 81.6 cm³/mol. The van der Waals surface area contributed by atoms with E-state index in [4.69, 9.17) is 4.74 Å². The van der Waals surface area contributed by atoms with Gasteiger partial charge in [-0.2, -0.15) is 0 Å². The van der Waals surface area contributed by atoms with Gasteiger partial charge in [0, 0.05) is 25.4 Å². The Bertz CT molecular complexity index is 669. The Hall–Kier alpha value is -2.35. The maximum absolute atomic E-state index is 12.9. The lowest BCUT2D eigenvalue weighted by molar-refractivity contribution is 0.0228. The molecule has 4 rings (SSSR count). The molecule has 2 unspecified atom stereocenters. The Kier molecular flexibility index (Phi) is 3.53. The van der Waals surface area contributed by atoms with Crippen LogP contribution in [0.2, 0.25) is 0 Å². The van der Waals surface area contributed by atoms with Crippen LogP contribution in [0.3, 0.4) is 0 Å². The minimum Gasteiger partial charge on any atom is -0.371 e. The van der Waals surface area contributed by atoms with Crippen LogP contribution in [0.1, 0.15) is 12.8 Å². The summed E-state index contributed by atoms with van der Waals surface area (Å²) in [5.74, 6) is 0.747. The van der Waals surface area contributed by atoms with E-state index < -0.39 is 5.82 Å². The summed E-state index contributed by atoms with van der Waals surface area (Å²) >= 11 is 0. The first-order chi connectivity index (χ1) is 11.2. The molecule has 1 N–H and O–H groups in total. The molecule has 0 amide bonds. The Morgan fingerprint density at radius 3 is 2.78 bits per heavy atom. The van der Waals surface area contributed by atoms with Gasteiger partial charge < -0.3 is 15.0 Å². The summed E-state index contributed by atoms with van der Waals surface area (Å²) in [6.07, 6.45) is 7.60. The summed E-state index contributed by atoms with van der Waals surface area (Å²) in [5.41, 5.74) is -0.204. The molecule has 120 valence electrons. The highest BCUT2D eigenvalue weighted by Gasteiger charge is 2.46. The number of hydrogen-bond acceptors (Lipinski definition) is 7. The minimum atomic E-state index is -0.424. The molecule has 2 fully saturated rings. The minimum absolute atomic E-state index is 0.187. The number of nitrogens with zero attached hydrogens (tertiary/aromatic N) is 5. The highest BCUT2D eigenvalue weighted by atomic mass is 19.1. The summed E-state index contributed by atoms with van der Waals surface area (Å²) in [4.78, 5) is 18.5. The highest BCUT2D eigenvalue weighted by molar-refractivity contribution is 5.34. The van der Waals surface area contributed by atoms with Gasteiger partial charge in [-0.3, -0.25) is 0 Å². The number of nitrogens with one attached hydrogen (secondary N) is 1. The van der Waals surface area contributed by atoms with Crippen LogP contribution in [-0.2, 0) is 4.74 Å². The third-order valence-corrected chi connectivity index (χ3v) is 4.31. The quantitative estimate of drug-likeness (QED) is 0.913. The summed E-state index contributed by atoms with van der Waals surface area (Å²) in [6.45, 7) is 2.14. The van der Waals surface area contributed by atoms with Gasteiger partial charge in [-0.05, 0) is 12.5 Å². The number of anilines is 2. The molecule has 7 nitrogen and oxygen atoms in total. The van der Waals surface area contributed by atoms with Crippen LogP contribution in [0.25, 0.3) is 0 Å². The second-order valence-electron chi connectivity index (χ2n) is 5.98. The molecule has 0 radical (unpaired) electrons. The van der Waals surface area contributed by atoms with Crippen LogP contribution in [0.15, 0.2) is 30.9 Å². The maximum Gasteiger partial charge on any atom is 0.225 e. The van der Waals surface area contributed by atoms with Crippen molar-refractivity contribution in [3.8, 4) is 0 Å². The fourth-order valence-corrected chi connectivity index (χ4v) is 3.26. The topological polar surface area (TPSA) is 76.1 Å². The molecular formula is C15H17FN6O. The van der Waals surface area contributed by atoms with Crippen LogP contribution in [0.4, 0.5) is 16.3 Å². The highest BCUT2D eigenvalue weighted by Crippen LogP contribution is 2.36. The van der Waals surface area contributed by atoms with Gasteiger partial charge in [-0.25, -0.2) is 24.3 Å². The largest absolute Gasteiger partial charge is 0.371 e. The lowest BCUT2D eigenvalue weighted by Crippen LogP contribution is -2.34. The lowest BCUT2D eigenvalue weighted by Gasteiger charge is -2.23. The van der Waals surface area contributed by atoms with Crippen molar-refractivity contribution in [2.24, 2.45) is 0 Å². The zero-order valence-corrected chi connectivity index (χ0v) is 12.5. The number of aromatic nitrogens is 4. The number of rotatable bonds is 3. The van der Waals surface area contributed by atoms with Gasteiger partial charge in [0.25, 0.3) is 0 Å². The average molecular weight is 316 g/mol. The van der Waals surface area contributed by atoms with Crippen molar-refractivity contribution >= 4 is 11.9 Å². The van der Waals surface area contributed by atoms with Crippen molar-refractivity contribution in [3.05, 3.63) is 36.7 Å². The SMILES string of the molecule is Fc1cnc(N2CCC3(CC(Nc4ncccn4)CO3)C2)nc1. The van der Waals surface area contributed by atoms with Crippen LogP contribution < -0.4 is 10.2 Å². The fraction of sp³-hybridized carbons (Fsp3) is 0.467. The normalized spacial score (nSPS) is 26.8. The van der Waals surface area contributed by atoms with Crippen molar-refractivity contribution < 1.29 is 9.13 Å². The molecule has 0 aliphatic carbocycles. The molecular weight excluding hydrogens is 299 g/mol. The predicted octanol–water partition coefficient (Wildman–Crippen LogP) is 1.26. The summed E-state index contributed by atoms with van der Waals surface area (Å²) < 4.78 is 19.0. The average Bonchev–Trinajstić information content (AvgIpc) is 3.16. The van der Waals surface area contributed by atoms with Crippen LogP contribution in [0.5, 0.6) is 0 Å². The summed E-state index contributed by atoms with van der Waals surface area (Å²) in [7, 11) is 0. The lowest BCUT2D eigenvalue weighted by atomic mass is 9.97. The molecule has 4 heterocycles. The molecule has 0 saturated carbocycles. The molecule has 2 aromatic rings. The van der Waals surface area contributed by atoms with E-state index in [-0.39, 0.29) is 11.6 Å². The standard InChI is InChI=1S/C15H17FN6O/c16-11-7-19-14(20-8-11)22-5-2-15(10-22)6-12(9-23-15)21-13-17-3-1-4-18-13/h1,3-4,7-8,12H,2,5-6,9-10H2,(H,17,18,21). The van der Waals surface area contributed by atoms with Crippen molar-refractivity contribution in [2.45, 2.75) is 24.5 Å². The monoisotopic (exact) mass is 316 g/mol. The van der Waals surface area contributed by atoms with E-state index in [1.165, 1.54) is 12.4 Å². The Labute approximate surface area is 132 Å². The van der Waals surface area contributed by atoms with Crippen molar-refractivity contribution in [2.75, 3.05) is 29.9 Å². The van der Waals surface area contributed by atoms with Crippen molar-refractivity contribution in [1.29, 1.82) is 0 Å². The van der Waals surface area contributed by atoms with Crippen molar-refractivity contribution in [3.63, 3.8) is 0 Å². The van der Waals surface area contributed by atoms with E-state index in [1.54, 1.807) is 18.5 Å². The van der Waals surface area contributed by atoms with Gasteiger partial charge in [0.1, 0.15) is 0 Å². The van der Waals surface area contributed by atoms with E-state index in [1.807, 2.05) is 4.90 Å². The number of hydrogen-bond donors (Lipinski definition) is 1. The molecule has 23 heavy (non-hydrogen) atoms. The number of halogens is 1. The molecule has 8 heteroatoms. The zero-order valence-electron chi connectivity index (χ0n) is 12.5. The van der Waals surface area contributed by atoms with Gasteiger partial charge in [-0.1, -0.05) is 0 Å². The third kappa shape index (κ3) is 2.94. The molecule has 0 bridgehead atoms. The Balaban J connectivity index is 1.40.